The molecule has 1 saturated heterocycles. The number of piperazine rings is 1. The van der Waals surface area contributed by atoms with E-state index in [2.05, 4.69) is 46.0 Å². The maximum Gasteiger partial charge on any atom is 0.354 e. The number of carbonyl (C=O) groups excluding carboxylic acids is 3. The first kappa shape index (κ1) is 65.7. The molecule has 0 atom stereocenters. The second-order valence-corrected chi connectivity index (χ2v) is 22.7. The lowest BCUT2D eigenvalue weighted by atomic mass is 10.1. The number of azo groups is 1. The van der Waals surface area contributed by atoms with Crippen LogP contribution in [0.25, 0.3) is 17.2 Å². The van der Waals surface area contributed by atoms with Crippen LogP contribution in [-0.4, -0.2) is 62.1 Å². The summed E-state index contributed by atoms with van der Waals surface area (Å²) in [5.74, 6) is -0.317. The van der Waals surface area contributed by atoms with Crippen LogP contribution in [0.15, 0.2) is 161 Å². The van der Waals surface area contributed by atoms with Gasteiger partial charge in [0, 0.05) is 31.9 Å². The minimum Gasteiger partial charge on any atom is -0.494 e. The fourth-order valence-electron chi connectivity index (χ4n) is 10.6. The molecule has 12 nitrogen and oxygen atoms in total. The molecule has 6 aromatic carbocycles. The van der Waals surface area contributed by atoms with Crippen LogP contribution in [0.5, 0.6) is 23.0 Å². The molecular formula is C74H91N5O7. The van der Waals surface area contributed by atoms with Gasteiger partial charge in [-0.05, 0) is 151 Å². The topological polar surface area (TPSA) is 143 Å². The van der Waals surface area contributed by atoms with Crippen LogP contribution in [-0.2, 0) is 4.79 Å². The van der Waals surface area contributed by atoms with Crippen LogP contribution in [0.1, 0.15) is 194 Å². The Balaban J connectivity index is 0.774. The molecule has 0 aromatic heterocycles. The number of rotatable bonds is 38. The molecule has 1 aliphatic rings. The summed E-state index contributed by atoms with van der Waals surface area (Å²) in [6.07, 6.45) is 33.5. The van der Waals surface area contributed by atoms with Gasteiger partial charge in [0.15, 0.2) is 0 Å². The summed E-state index contributed by atoms with van der Waals surface area (Å²) in [5, 5.41) is 18.8. The molecule has 12 heteroatoms. The van der Waals surface area contributed by atoms with E-state index in [-0.39, 0.29) is 22.6 Å². The SMILES string of the molecule is CCCCCCCCCCCCCCOc1ccc(C(=O)Oc2ccc(C(=O)Oc3cccc(-c4ccc(OC(=O)/C(C#N)=C\c5ccc(N=Nc6ccc(N7CCN(CCCCCCCCCCCCCC)CC7)cc6)cc5)cc4)c3)cc2)cc1. The van der Waals surface area contributed by atoms with Crippen molar-refractivity contribution < 1.29 is 33.3 Å². The highest BCUT2D eigenvalue weighted by Gasteiger charge is 2.18. The van der Waals surface area contributed by atoms with Crippen molar-refractivity contribution >= 4 is 41.0 Å². The number of benzene rings is 6. The van der Waals surface area contributed by atoms with E-state index >= 15 is 0 Å². The van der Waals surface area contributed by atoms with Crippen molar-refractivity contribution in [3.05, 3.63) is 168 Å². The van der Waals surface area contributed by atoms with Gasteiger partial charge in [0.25, 0.3) is 0 Å². The van der Waals surface area contributed by atoms with Gasteiger partial charge >= 0.3 is 17.9 Å². The van der Waals surface area contributed by atoms with Crippen molar-refractivity contribution in [1.29, 1.82) is 5.26 Å². The van der Waals surface area contributed by atoms with Gasteiger partial charge in [-0.15, -0.1) is 0 Å². The standard InChI is InChI=1S/C74H91N5O7/c1-3-5-7-9-11-13-15-17-19-21-23-25-50-78-51-53-79(54-52-78)67-42-40-66(41-43-67)77-76-65-38-30-59(31-39-65)56-64(58-75)74(82)85-69-46-32-60(33-47-69)63-28-27-29-71(57-63)86-73(81)62-36-48-70(49-37-62)84-72(80)61-34-44-68(45-35-61)83-55-26-24-22-20-18-16-14-12-10-8-6-4-2/h27-49,56-57H,3-26,50-55H2,1-2H3/b64-56-,77-76?. The van der Waals surface area contributed by atoms with E-state index in [1.165, 1.54) is 160 Å². The zero-order valence-electron chi connectivity index (χ0n) is 51.2. The Morgan fingerprint density at radius 2 is 0.919 bits per heavy atom. The van der Waals surface area contributed by atoms with Gasteiger partial charge in [-0.2, -0.15) is 15.5 Å². The number of carbonyl (C=O) groups is 3. The average Bonchev–Trinajstić information content (AvgIpc) is 3.65. The van der Waals surface area contributed by atoms with Crippen molar-refractivity contribution in [3.63, 3.8) is 0 Å². The minimum absolute atomic E-state index is 0.165. The second-order valence-electron chi connectivity index (χ2n) is 22.7. The lowest BCUT2D eigenvalue weighted by Gasteiger charge is -2.36. The number of unbranched alkanes of at least 4 members (excludes halogenated alkanes) is 22. The van der Waals surface area contributed by atoms with Crippen molar-refractivity contribution in [2.24, 2.45) is 10.2 Å². The molecule has 0 N–H and O–H groups in total. The van der Waals surface area contributed by atoms with Crippen LogP contribution in [0.4, 0.5) is 17.1 Å². The summed E-state index contributed by atoms with van der Waals surface area (Å²) in [4.78, 5) is 44.3. The van der Waals surface area contributed by atoms with Gasteiger partial charge in [0.2, 0.25) is 0 Å². The summed E-state index contributed by atoms with van der Waals surface area (Å²) in [6, 6.07) is 44.2. The maximum atomic E-state index is 13.2. The van der Waals surface area contributed by atoms with Crippen LogP contribution >= 0.6 is 0 Å². The van der Waals surface area contributed by atoms with Gasteiger partial charge in [0.05, 0.1) is 29.1 Å². The van der Waals surface area contributed by atoms with E-state index in [1.807, 2.05) is 24.3 Å². The number of nitrogens with zero attached hydrogens (tertiary/aromatic N) is 5. The summed E-state index contributed by atoms with van der Waals surface area (Å²) >= 11 is 0. The predicted molar refractivity (Wildman–Crippen MR) is 347 cm³/mol. The normalized spacial score (nSPS) is 12.7. The Bertz CT molecular complexity index is 3030. The van der Waals surface area contributed by atoms with Crippen molar-refractivity contribution in [1.82, 2.24) is 4.90 Å². The first-order valence-electron chi connectivity index (χ1n) is 32.2. The van der Waals surface area contributed by atoms with E-state index in [4.69, 9.17) is 18.9 Å². The second kappa shape index (κ2) is 38.2. The van der Waals surface area contributed by atoms with Gasteiger partial charge in [-0.3, -0.25) is 4.90 Å². The van der Waals surface area contributed by atoms with E-state index in [9.17, 15) is 19.6 Å². The van der Waals surface area contributed by atoms with Crippen molar-refractivity contribution in [2.45, 2.75) is 168 Å². The van der Waals surface area contributed by atoms with Gasteiger partial charge < -0.3 is 23.8 Å². The van der Waals surface area contributed by atoms with Crippen LogP contribution in [0, 0.1) is 11.3 Å². The monoisotopic (exact) mass is 1160 g/mol. The zero-order chi connectivity index (χ0) is 60.2. The molecule has 86 heavy (non-hydrogen) atoms. The molecule has 1 fully saturated rings. The minimum atomic E-state index is -0.792. The molecule has 0 saturated carbocycles. The molecule has 0 bridgehead atoms. The molecule has 7 rings (SSSR count). The number of esters is 3. The third kappa shape index (κ3) is 23.9. The molecule has 0 unspecified atom stereocenters. The van der Waals surface area contributed by atoms with Crippen LogP contribution in [0.2, 0.25) is 0 Å². The van der Waals surface area contributed by atoms with E-state index in [0.717, 1.165) is 55.8 Å². The number of hydrogen-bond donors (Lipinski definition) is 0. The highest BCUT2D eigenvalue weighted by Crippen LogP contribution is 2.29. The summed E-state index contributed by atoms with van der Waals surface area (Å²) in [6.45, 7) is 10.6. The first-order chi connectivity index (χ1) is 42.3. The molecule has 0 amide bonds. The zero-order valence-corrected chi connectivity index (χ0v) is 51.2. The Labute approximate surface area is 512 Å². The van der Waals surface area contributed by atoms with Gasteiger partial charge in [0.1, 0.15) is 34.6 Å². The third-order valence-electron chi connectivity index (χ3n) is 15.8. The maximum absolute atomic E-state index is 13.2. The molecular weight excluding hydrogens is 1070 g/mol. The Morgan fingerprint density at radius 3 is 1.44 bits per heavy atom. The van der Waals surface area contributed by atoms with Crippen LogP contribution in [0.3, 0.4) is 0 Å². The molecule has 0 radical (unpaired) electrons. The van der Waals surface area contributed by atoms with Crippen molar-refractivity contribution in [3.8, 4) is 40.2 Å². The Hall–Kier alpha value is -7.88. The third-order valence-corrected chi connectivity index (χ3v) is 15.8. The lowest BCUT2D eigenvalue weighted by Crippen LogP contribution is -2.46. The van der Waals surface area contributed by atoms with Crippen molar-refractivity contribution in [2.75, 3.05) is 44.2 Å². The molecule has 1 heterocycles. The number of ether oxygens (including phenoxy) is 4. The number of nitriles is 1. The Morgan fingerprint density at radius 1 is 0.465 bits per heavy atom. The average molecular weight is 1160 g/mol. The summed E-state index contributed by atoms with van der Waals surface area (Å²) in [5.41, 5.74) is 5.25. The number of hydrogen-bond acceptors (Lipinski definition) is 12. The fraction of sp³-hybridized carbons (Fsp3) is 0.432. The summed E-state index contributed by atoms with van der Waals surface area (Å²) in [7, 11) is 0. The van der Waals surface area contributed by atoms with E-state index in [0.29, 0.717) is 34.9 Å². The largest absolute Gasteiger partial charge is 0.494 e. The highest BCUT2D eigenvalue weighted by molar-refractivity contribution is 5.99. The number of anilines is 1. The Kier molecular flexibility index (Phi) is 29.2. The van der Waals surface area contributed by atoms with Gasteiger partial charge in [-0.25, -0.2) is 14.4 Å². The fourth-order valence-corrected chi connectivity index (χ4v) is 10.6. The van der Waals surface area contributed by atoms with E-state index < -0.39 is 17.9 Å². The van der Waals surface area contributed by atoms with Crippen LogP contribution < -0.4 is 23.8 Å². The lowest BCUT2D eigenvalue weighted by molar-refractivity contribution is -0.129. The molecule has 1 aliphatic heterocycles. The quantitative estimate of drug-likeness (QED) is 0.00918. The molecule has 0 spiro atoms. The first-order valence-corrected chi connectivity index (χ1v) is 32.2. The molecule has 6 aromatic rings. The smallest absolute Gasteiger partial charge is 0.354 e. The highest BCUT2D eigenvalue weighted by atomic mass is 16.5. The molecule has 454 valence electrons. The molecule has 0 aliphatic carbocycles. The van der Waals surface area contributed by atoms with E-state index in [1.54, 1.807) is 115 Å². The van der Waals surface area contributed by atoms with Gasteiger partial charge in [-0.1, -0.05) is 192 Å². The summed E-state index contributed by atoms with van der Waals surface area (Å²) < 4.78 is 22.8. The predicted octanol–water partition coefficient (Wildman–Crippen LogP) is 19.6.